The van der Waals surface area contributed by atoms with Crippen LogP contribution in [-0.2, 0) is 18.2 Å². The highest BCUT2D eigenvalue weighted by atomic mass is 31.2. The summed E-state index contributed by atoms with van der Waals surface area (Å²) in [5, 5.41) is 10.3. The van der Waals surface area contributed by atoms with Gasteiger partial charge in [-0.25, -0.2) is 0 Å². The molecule has 2 N–H and O–H groups in total. The molecule has 6 rings (SSSR count). The lowest BCUT2D eigenvalue weighted by Crippen LogP contribution is -2.49. The van der Waals surface area contributed by atoms with Crippen LogP contribution in [0.4, 0.5) is 0 Å². The van der Waals surface area contributed by atoms with Crippen molar-refractivity contribution in [3.05, 3.63) is 0 Å². The maximum absolute atomic E-state index is 14.7. The summed E-state index contributed by atoms with van der Waals surface area (Å²) < 4.78 is 47.5. The molecule has 200 valence electrons. The van der Waals surface area contributed by atoms with Crippen LogP contribution >= 0.6 is 15.0 Å². The van der Waals surface area contributed by atoms with Gasteiger partial charge in [0.1, 0.15) is 0 Å². The summed E-state index contributed by atoms with van der Waals surface area (Å²) in [4.78, 5) is 0. The topological polar surface area (TPSA) is 118 Å². The van der Waals surface area contributed by atoms with Gasteiger partial charge in [-0.1, -0.05) is 51.4 Å². The summed E-state index contributed by atoms with van der Waals surface area (Å²) in [6.07, 6.45) is 18.5. The highest BCUT2D eigenvalue weighted by Gasteiger charge is 2.58. The standard InChI is InChI=1S/C26H42N4O4P2/c27-17-30(36(32)25-16-8-4-12-21(25)19-10-2-6-14-23(19)34-36)26(28)29-35(31)24-15-7-3-11-20(24)18-9-1-5-13-22(18)33-35/h18-25H,1-16H2,(H2,28,29,31). The van der Waals surface area contributed by atoms with Crippen LogP contribution in [0.5, 0.6) is 0 Å². The van der Waals surface area contributed by atoms with Crippen LogP contribution in [-0.4, -0.2) is 34.2 Å². The van der Waals surface area contributed by atoms with Crippen LogP contribution in [0.2, 0.25) is 0 Å². The van der Waals surface area contributed by atoms with Crippen molar-refractivity contribution in [2.45, 2.75) is 126 Å². The molecule has 0 radical (unpaired) electrons. The third kappa shape index (κ3) is 4.21. The molecular weight excluding hydrogens is 494 g/mol. The molecule has 2 heterocycles. The molecule has 36 heavy (non-hydrogen) atoms. The molecule has 0 aromatic rings. The van der Waals surface area contributed by atoms with Crippen LogP contribution in [0.25, 0.3) is 0 Å². The Bertz CT molecular complexity index is 1010. The average molecular weight is 537 g/mol. The third-order valence-electron chi connectivity index (χ3n) is 10.4. The molecule has 0 aromatic heterocycles. The molecule has 4 saturated carbocycles. The molecule has 10 heteroatoms. The highest BCUT2D eigenvalue weighted by molar-refractivity contribution is 7.59. The number of fused-ring (bicyclic) bond motifs is 6. The van der Waals surface area contributed by atoms with Gasteiger partial charge >= 0.3 is 15.0 Å². The quantitative estimate of drug-likeness (QED) is 0.136. The van der Waals surface area contributed by atoms with Crippen molar-refractivity contribution in [3.63, 3.8) is 0 Å². The lowest BCUT2D eigenvalue weighted by Gasteiger charge is -2.52. The summed E-state index contributed by atoms with van der Waals surface area (Å²) in [5.74, 6) is 1.27. The maximum Gasteiger partial charge on any atom is 0.321 e. The van der Waals surface area contributed by atoms with Gasteiger partial charge in [-0.05, 0) is 75.0 Å². The van der Waals surface area contributed by atoms with Crippen molar-refractivity contribution in [3.8, 4) is 6.19 Å². The monoisotopic (exact) mass is 536 g/mol. The Hall–Kier alpha value is -0.860. The Labute approximate surface area is 215 Å². The fraction of sp³-hybridized carbons (Fsp3) is 0.923. The minimum atomic E-state index is -3.62. The van der Waals surface area contributed by atoms with E-state index >= 15 is 0 Å². The first-order chi connectivity index (χ1) is 17.4. The second-order valence-corrected chi connectivity index (χ2v) is 16.8. The molecule has 0 aromatic carbocycles. The zero-order valence-corrected chi connectivity index (χ0v) is 23.2. The van der Waals surface area contributed by atoms with Crippen molar-refractivity contribution < 1.29 is 18.2 Å². The van der Waals surface area contributed by atoms with Crippen molar-refractivity contribution >= 4 is 21.0 Å². The molecular formula is C26H42N4O4P2. The van der Waals surface area contributed by atoms with Crippen LogP contribution in [0.15, 0.2) is 4.76 Å². The van der Waals surface area contributed by atoms with E-state index in [1.807, 2.05) is 0 Å². The van der Waals surface area contributed by atoms with E-state index in [9.17, 15) is 14.4 Å². The lowest BCUT2D eigenvalue weighted by atomic mass is 9.71. The van der Waals surface area contributed by atoms with E-state index in [1.165, 1.54) is 12.8 Å². The Morgan fingerprint density at radius 2 is 1.19 bits per heavy atom. The number of nitrogens with two attached hydrogens (primary N) is 1. The molecule has 8 nitrogen and oxygen atoms in total. The van der Waals surface area contributed by atoms with Gasteiger partial charge in [0.05, 0.1) is 23.5 Å². The molecule has 6 fully saturated rings. The molecule has 2 saturated heterocycles. The van der Waals surface area contributed by atoms with E-state index < -0.39 is 15.0 Å². The van der Waals surface area contributed by atoms with E-state index in [4.69, 9.17) is 14.8 Å². The van der Waals surface area contributed by atoms with Crippen LogP contribution in [0.3, 0.4) is 0 Å². The van der Waals surface area contributed by atoms with Crippen molar-refractivity contribution in [1.29, 1.82) is 5.26 Å². The number of guanidine groups is 1. The Morgan fingerprint density at radius 3 is 1.81 bits per heavy atom. The van der Waals surface area contributed by atoms with Crippen molar-refractivity contribution in [2.24, 2.45) is 34.2 Å². The third-order valence-corrected chi connectivity index (χ3v) is 15.9. The van der Waals surface area contributed by atoms with Crippen LogP contribution in [0.1, 0.15) is 103 Å². The second kappa shape index (κ2) is 10.0. The SMILES string of the molecule is N#CN(C(N)=NP1(=O)OC2CCCCC2C2CCCCC21)P1(=O)OC2CCCCC2C2CCCCC21. The van der Waals surface area contributed by atoms with Gasteiger partial charge in [-0.2, -0.15) is 14.7 Å². The van der Waals surface area contributed by atoms with Gasteiger partial charge in [0.2, 0.25) is 5.96 Å². The molecule has 10 atom stereocenters. The molecule has 0 amide bonds. The minimum Gasteiger partial charge on any atom is -0.368 e. The van der Waals surface area contributed by atoms with E-state index in [-0.39, 0.29) is 29.5 Å². The Balaban J connectivity index is 1.33. The van der Waals surface area contributed by atoms with E-state index in [0.29, 0.717) is 23.7 Å². The fourth-order valence-corrected chi connectivity index (χ4v) is 14.7. The number of nitrogens with zero attached hydrogens (tertiary/aromatic N) is 3. The summed E-state index contributed by atoms with van der Waals surface area (Å²) in [7, 11) is -7.13. The summed E-state index contributed by atoms with van der Waals surface area (Å²) in [6.45, 7) is 0. The van der Waals surface area contributed by atoms with Gasteiger partial charge < -0.3 is 14.8 Å². The largest absolute Gasteiger partial charge is 0.368 e. The molecule has 10 unspecified atom stereocenters. The van der Waals surface area contributed by atoms with Gasteiger partial charge in [-0.3, -0.25) is 9.13 Å². The minimum absolute atomic E-state index is 0.0521. The number of rotatable bonds is 2. The Kier molecular flexibility index (Phi) is 7.08. The summed E-state index contributed by atoms with van der Waals surface area (Å²) in [5.41, 5.74) is 6.13. The van der Waals surface area contributed by atoms with Gasteiger partial charge in [0, 0.05) is 0 Å². The zero-order valence-electron chi connectivity index (χ0n) is 21.4. The predicted octanol–water partition coefficient (Wildman–Crippen LogP) is 6.77. The van der Waals surface area contributed by atoms with Gasteiger partial charge in [0.25, 0.3) is 0 Å². The first-order valence-corrected chi connectivity index (χ1v) is 17.9. The van der Waals surface area contributed by atoms with Gasteiger partial charge in [0.15, 0.2) is 6.19 Å². The zero-order chi connectivity index (χ0) is 24.9. The highest BCUT2D eigenvalue weighted by Crippen LogP contribution is 2.70. The summed E-state index contributed by atoms with van der Waals surface area (Å²) in [6, 6.07) is 0. The van der Waals surface area contributed by atoms with Crippen molar-refractivity contribution in [2.75, 3.05) is 0 Å². The molecule has 6 aliphatic rings. The second-order valence-electron chi connectivity index (χ2n) is 12.2. The molecule has 0 spiro atoms. The van der Waals surface area contributed by atoms with Gasteiger partial charge in [-0.15, -0.1) is 0 Å². The van der Waals surface area contributed by atoms with E-state index in [0.717, 1.165) is 94.6 Å². The normalized spacial score (nSPS) is 48.9. The Morgan fingerprint density at radius 1 is 0.722 bits per heavy atom. The predicted molar refractivity (Wildman–Crippen MR) is 139 cm³/mol. The smallest absolute Gasteiger partial charge is 0.321 e. The van der Waals surface area contributed by atoms with E-state index in [2.05, 4.69) is 11.0 Å². The fourth-order valence-electron chi connectivity index (χ4n) is 8.86. The first-order valence-electron chi connectivity index (χ1n) is 14.6. The molecule has 2 aliphatic heterocycles. The van der Waals surface area contributed by atoms with E-state index in [1.54, 1.807) is 0 Å². The van der Waals surface area contributed by atoms with Crippen LogP contribution in [0, 0.1) is 35.1 Å². The van der Waals surface area contributed by atoms with Crippen LogP contribution < -0.4 is 5.73 Å². The average Bonchev–Trinajstić information content (AvgIpc) is 2.89. The first kappa shape index (κ1) is 25.4. The summed E-state index contributed by atoms with van der Waals surface area (Å²) >= 11 is 0. The number of hydrogen-bond donors (Lipinski definition) is 1. The lowest BCUT2D eigenvalue weighted by molar-refractivity contribution is 0.0119. The van der Waals surface area contributed by atoms with Crippen molar-refractivity contribution in [1.82, 2.24) is 4.67 Å². The number of hydrogen-bond acceptors (Lipinski definition) is 5. The molecule has 0 bridgehead atoms. The number of nitriles is 1. The molecule has 4 aliphatic carbocycles. The maximum atomic E-state index is 14.7.